The number of carbonyl (C=O) groups is 2. The highest BCUT2D eigenvalue weighted by Crippen LogP contribution is 2.21. The van der Waals surface area contributed by atoms with Crippen molar-refractivity contribution < 1.29 is 9.59 Å². The van der Waals surface area contributed by atoms with Crippen molar-refractivity contribution in [1.29, 1.82) is 0 Å². The van der Waals surface area contributed by atoms with Crippen molar-refractivity contribution in [2.75, 3.05) is 39.8 Å². The summed E-state index contributed by atoms with van der Waals surface area (Å²) in [4.78, 5) is 32.5. The Kier molecular flexibility index (Phi) is 10.6. The van der Waals surface area contributed by atoms with E-state index in [2.05, 4.69) is 39.9 Å². The molecule has 2 N–H and O–H groups in total. The van der Waals surface area contributed by atoms with E-state index < -0.39 is 0 Å². The third kappa shape index (κ3) is 7.66. The van der Waals surface area contributed by atoms with Gasteiger partial charge in [-0.25, -0.2) is 0 Å². The van der Waals surface area contributed by atoms with Crippen LogP contribution in [0.15, 0.2) is 35.3 Å². The molecule has 2 fully saturated rings. The van der Waals surface area contributed by atoms with Gasteiger partial charge in [-0.05, 0) is 37.2 Å². The number of hydrogen-bond donors (Lipinski definition) is 2. The number of carbonyl (C=O) groups excluding carboxylic acids is 2. The van der Waals surface area contributed by atoms with Crippen LogP contribution >= 0.6 is 24.0 Å². The highest BCUT2D eigenvalue weighted by atomic mass is 127. The fourth-order valence-electron chi connectivity index (χ4n) is 4.32. The van der Waals surface area contributed by atoms with Gasteiger partial charge in [-0.3, -0.25) is 14.6 Å². The molecule has 0 spiro atoms. The zero-order valence-electron chi connectivity index (χ0n) is 18.7. The summed E-state index contributed by atoms with van der Waals surface area (Å²) in [6, 6.07) is 10.8. The first-order chi connectivity index (χ1) is 14.6. The lowest BCUT2D eigenvalue weighted by Gasteiger charge is -2.32. The van der Waals surface area contributed by atoms with Crippen LogP contribution in [0.3, 0.4) is 0 Å². The van der Waals surface area contributed by atoms with Crippen LogP contribution in [0.4, 0.5) is 0 Å². The molecule has 1 unspecified atom stereocenters. The molecule has 2 amide bonds. The minimum atomic E-state index is 0. The molecule has 7 nitrogen and oxygen atoms in total. The van der Waals surface area contributed by atoms with Gasteiger partial charge in [0.2, 0.25) is 11.8 Å². The maximum absolute atomic E-state index is 12.6. The summed E-state index contributed by atoms with van der Waals surface area (Å²) in [5, 5.41) is 6.49. The summed E-state index contributed by atoms with van der Waals surface area (Å²) in [6.45, 7) is 5.24. The molecule has 0 aromatic heterocycles. The van der Waals surface area contributed by atoms with Crippen LogP contribution in [0, 0.1) is 5.92 Å². The lowest BCUT2D eigenvalue weighted by atomic mass is 9.90. The van der Waals surface area contributed by atoms with Gasteiger partial charge in [0.25, 0.3) is 0 Å². The third-order valence-corrected chi connectivity index (χ3v) is 6.15. The summed E-state index contributed by atoms with van der Waals surface area (Å²) in [5.74, 6) is 1.58. The highest BCUT2D eigenvalue weighted by Gasteiger charge is 2.26. The average Bonchev–Trinajstić information content (AvgIpc) is 3.25. The van der Waals surface area contributed by atoms with Crippen LogP contribution in [0.5, 0.6) is 0 Å². The second kappa shape index (κ2) is 12.9. The van der Waals surface area contributed by atoms with Crippen LogP contribution in [-0.4, -0.2) is 73.4 Å². The molecule has 2 aliphatic heterocycles. The van der Waals surface area contributed by atoms with Crippen molar-refractivity contribution in [1.82, 2.24) is 20.4 Å². The van der Waals surface area contributed by atoms with E-state index in [9.17, 15) is 9.59 Å². The zero-order chi connectivity index (χ0) is 21.3. The molecule has 1 atom stereocenters. The van der Waals surface area contributed by atoms with E-state index in [4.69, 9.17) is 0 Å². The van der Waals surface area contributed by atoms with Gasteiger partial charge >= 0.3 is 0 Å². The van der Waals surface area contributed by atoms with Gasteiger partial charge in [0, 0.05) is 45.7 Å². The minimum absolute atomic E-state index is 0. The Bertz CT molecular complexity index is 735. The van der Waals surface area contributed by atoms with Gasteiger partial charge < -0.3 is 20.4 Å². The molecule has 172 valence electrons. The SMILES string of the molecule is CCC(=O)N1CCC(NC(=NC)NCC(=O)N2CCC(Cc3ccccc3)CC2)C1.I. The van der Waals surface area contributed by atoms with Crippen molar-refractivity contribution in [3.63, 3.8) is 0 Å². The number of aliphatic imine (C=N–C) groups is 1. The van der Waals surface area contributed by atoms with E-state index in [0.29, 0.717) is 24.8 Å². The molecule has 31 heavy (non-hydrogen) atoms. The number of rotatable bonds is 6. The lowest BCUT2D eigenvalue weighted by molar-refractivity contribution is -0.131. The lowest BCUT2D eigenvalue weighted by Crippen LogP contribution is -2.49. The molecule has 2 aliphatic rings. The van der Waals surface area contributed by atoms with E-state index in [1.165, 1.54) is 5.56 Å². The summed E-state index contributed by atoms with van der Waals surface area (Å²) in [6.07, 6.45) is 4.64. The van der Waals surface area contributed by atoms with Crippen molar-refractivity contribution in [3.05, 3.63) is 35.9 Å². The second-order valence-electron chi connectivity index (χ2n) is 8.26. The van der Waals surface area contributed by atoms with Gasteiger partial charge in [-0.15, -0.1) is 24.0 Å². The maximum atomic E-state index is 12.6. The standard InChI is InChI=1S/C23H35N5O2.HI/c1-3-21(29)28-14-11-20(17-28)26-23(24-2)25-16-22(30)27-12-9-19(10-13-27)15-18-7-5-4-6-8-18;/h4-8,19-20H,3,9-17H2,1-2H3,(H2,24,25,26);1H. The maximum Gasteiger partial charge on any atom is 0.241 e. The number of piperidine rings is 1. The predicted molar refractivity (Wildman–Crippen MR) is 135 cm³/mol. The number of nitrogens with one attached hydrogen (secondary N) is 2. The van der Waals surface area contributed by atoms with E-state index in [1.54, 1.807) is 7.05 Å². The number of nitrogens with zero attached hydrogens (tertiary/aromatic N) is 3. The van der Waals surface area contributed by atoms with Gasteiger partial charge in [-0.2, -0.15) is 0 Å². The third-order valence-electron chi connectivity index (χ3n) is 6.15. The first-order valence-electron chi connectivity index (χ1n) is 11.2. The monoisotopic (exact) mass is 541 g/mol. The van der Waals surface area contributed by atoms with Crippen molar-refractivity contribution in [2.24, 2.45) is 10.9 Å². The number of halogens is 1. The molecule has 1 aromatic carbocycles. The second-order valence-corrected chi connectivity index (χ2v) is 8.26. The molecule has 0 radical (unpaired) electrons. The number of hydrogen-bond acceptors (Lipinski definition) is 3. The quantitative estimate of drug-likeness (QED) is 0.329. The zero-order valence-corrected chi connectivity index (χ0v) is 21.0. The predicted octanol–water partition coefficient (Wildman–Crippen LogP) is 2.26. The molecule has 0 bridgehead atoms. The smallest absolute Gasteiger partial charge is 0.241 e. The Morgan fingerprint density at radius 3 is 2.35 bits per heavy atom. The van der Waals surface area contributed by atoms with E-state index in [1.807, 2.05) is 22.8 Å². The molecule has 8 heteroatoms. The van der Waals surface area contributed by atoms with Gasteiger partial charge in [0.1, 0.15) is 0 Å². The Hall–Kier alpha value is -1.84. The van der Waals surface area contributed by atoms with Crippen molar-refractivity contribution >= 4 is 41.8 Å². The Labute approximate surface area is 203 Å². The Morgan fingerprint density at radius 2 is 1.71 bits per heavy atom. The molecule has 3 rings (SSSR count). The highest BCUT2D eigenvalue weighted by molar-refractivity contribution is 14.0. The summed E-state index contributed by atoms with van der Waals surface area (Å²) < 4.78 is 0. The largest absolute Gasteiger partial charge is 0.352 e. The van der Waals surface area contributed by atoms with Crippen molar-refractivity contribution in [3.8, 4) is 0 Å². The summed E-state index contributed by atoms with van der Waals surface area (Å²) in [7, 11) is 1.71. The summed E-state index contributed by atoms with van der Waals surface area (Å²) in [5.41, 5.74) is 1.38. The molecule has 2 heterocycles. The van der Waals surface area contributed by atoms with Crippen LogP contribution in [0.2, 0.25) is 0 Å². The molecular weight excluding hydrogens is 505 g/mol. The fraction of sp³-hybridized carbons (Fsp3) is 0.609. The van der Waals surface area contributed by atoms with Gasteiger partial charge in [-0.1, -0.05) is 37.3 Å². The number of amides is 2. The summed E-state index contributed by atoms with van der Waals surface area (Å²) >= 11 is 0. The molecule has 2 saturated heterocycles. The van der Waals surface area contributed by atoms with Gasteiger partial charge in [0.05, 0.1) is 6.54 Å². The molecular formula is C23H36IN5O2. The number of guanidine groups is 1. The Morgan fingerprint density at radius 1 is 1.03 bits per heavy atom. The normalized spacial score (nSPS) is 19.7. The number of likely N-dealkylation sites (tertiary alicyclic amines) is 2. The minimum Gasteiger partial charge on any atom is -0.352 e. The first kappa shape index (κ1) is 25.4. The molecule has 0 saturated carbocycles. The van der Waals surface area contributed by atoms with Crippen molar-refractivity contribution in [2.45, 2.75) is 45.1 Å². The van der Waals surface area contributed by atoms with Crippen LogP contribution in [0.25, 0.3) is 0 Å². The van der Waals surface area contributed by atoms with Crippen LogP contribution < -0.4 is 10.6 Å². The Balaban J connectivity index is 0.00000341. The molecule has 1 aromatic rings. The topological polar surface area (TPSA) is 77.0 Å². The van der Waals surface area contributed by atoms with Crippen LogP contribution in [0.1, 0.15) is 38.2 Å². The van der Waals surface area contributed by atoms with Gasteiger partial charge in [0.15, 0.2) is 5.96 Å². The van der Waals surface area contributed by atoms with E-state index in [-0.39, 0.29) is 48.4 Å². The fourth-order valence-corrected chi connectivity index (χ4v) is 4.32. The van der Waals surface area contributed by atoms with E-state index >= 15 is 0 Å². The first-order valence-corrected chi connectivity index (χ1v) is 11.2. The van der Waals surface area contributed by atoms with Crippen LogP contribution in [-0.2, 0) is 16.0 Å². The van der Waals surface area contributed by atoms with E-state index in [0.717, 1.165) is 45.3 Å². The average molecular weight is 541 g/mol. The number of benzene rings is 1. The molecule has 0 aliphatic carbocycles.